The second-order valence-corrected chi connectivity index (χ2v) is 3.69. The quantitative estimate of drug-likeness (QED) is 0.671. The van der Waals surface area contributed by atoms with Gasteiger partial charge in [0, 0.05) is 18.8 Å². The number of aryl methyl sites for hydroxylation is 1. The van der Waals surface area contributed by atoms with Gasteiger partial charge in [-0.25, -0.2) is 0 Å². The van der Waals surface area contributed by atoms with E-state index in [4.69, 9.17) is 4.52 Å². The fourth-order valence-corrected chi connectivity index (χ4v) is 1.58. The maximum absolute atomic E-state index is 5.20. The van der Waals surface area contributed by atoms with Gasteiger partial charge in [-0.15, -0.1) is 0 Å². The number of benzene rings is 1. The van der Waals surface area contributed by atoms with Gasteiger partial charge >= 0.3 is 0 Å². The molecule has 0 fully saturated rings. The molecule has 2 heterocycles. The molecular formula is C12H10N4O. The van der Waals surface area contributed by atoms with E-state index >= 15 is 0 Å². The van der Waals surface area contributed by atoms with Crippen LogP contribution in [0, 0.1) is 0 Å². The van der Waals surface area contributed by atoms with Gasteiger partial charge in [0.25, 0.3) is 5.89 Å². The van der Waals surface area contributed by atoms with Gasteiger partial charge in [-0.2, -0.15) is 10.1 Å². The van der Waals surface area contributed by atoms with Crippen LogP contribution in [0.3, 0.4) is 0 Å². The monoisotopic (exact) mass is 226 g/mol. The van der Waals surface area contributed by atoms with Crippen LogP contribution in [0.2, 0.25) is 0 Å². The fourth-order valence-electron chi connectivity index (χ4n) is 1.58. The molecule has 3 rings (SSSR count). The van der Waals surface area contributed by atoms with Crippen LogP contribution in [0.25, 0.3) is 22.8 Å². The van der Waals surface area contributed by atoms with Crippen molar-refractivity contribution in [2.45, 2.75) is 0 Å². The third-order valence-corrected chi connectivity index (χ3v) is 2.41. The van der Waals surface area contributed by atoms with Crippen LogP contribution < -0.4 is 0 Å². The number of rotatable bonds is 2. The molecule has 0 aliphatic heterocycles. The molecule has 84 valence electrons. The van der Waals surface area contributed by atoms with E-state index in [1.807, 2.05) is 43.6 Å². The highest BCUT2D eigenvalue weighted by molar-refractivity contribution is 5.58. The summed E-state index contributed by atoms with van der Waals surface area (Å²) in [6.45, 7) is 0. The highest BCUT2D eigenvalue weighted by Crippen LogP contribution is 2.20. The SMILES string of the molecule is Cn1cc(-c2nc(-c3ccccc3)no2)cn1. The molecule has 0 aliphatic rings. The highest BCUT2D eigenvalue weighted by atomic mass is 16.5. The molecule has 1 aromatic carbocycles. The van der Waals surface area contributed by atoms with E-state index in [1.54, 1.807) is 10.9 Å². The van der Waals surface area contributed by atoms with Crippen molar-refractivity contribution in [2.24, 2.45) is 7.05 Å². The second-order valence-electron chi connectivity index (χ2n) is 3.69. The largest absolute Gasteiger partial charge is 0.333 e. The molecule has 0 radical (unpaired) electrons. The lowest BCUT2D eigenvalue weighted by molar-refractivity contribution is 0.432. The first-order valence-corrected chi connectivity index (χ1v) is 5.21. The number of aromatic nitrogens is 4. The van der Waals surface area contributed by atoms with Gasteiger partial charge in [0.1, 0.15) is 0 Å². The molecule has 5 heteroatoms. The lowest BCUT2D eigenvalue weighted by Crippen LogP contribution is -1.84. The van der Waals surface area contributed by atoms with Crippen LogP contribution in [0.4, 0.5) is 0 Å². The van der Waals surface area contributed by atoms with Crippen LogP contribution in [-0.4, -0.2) is 19.9 Å². The van der Waals surface area contributed by atoms with Crippen molar-refractivity contribution < 1.29 is 4.52 Å². The minimum absolute atomic E-state index is 0.483. The van der Waals surface area contributed by atoms with Gasteiger partial charge in [-0.1, -0.05) is 35.5 Å². The lowest BCUT2D eigenvalue weighted by Gasteiger charge is -1.90. The molecule has 0 aliphatic carbocycles. The Kier molecular flexibility index (Phi) is 2.22. The van der Waals surface area contributed by atoms with Crippen molar-refractivity contribution in [2.75, 3.05) is 0 Å². The van der Waals surface area contributed by atoms with Gasteiger partial charge in [-0.3, -0.25) is 4.68 Å². The first-order chi connectivity index (χ1) is 8.33. The molecule has 3 aromatic rings. The number of hydrogen-bond donors (Lipinski definition) is 0. The zero-order valence-corrected chi connectivity index (χ0v) is 9.24. The summed E-state index contributed by atoms with van der Waals surface area (Å²) in [5.74, 6) is 1.07. The Balaban J connectivity index is 1.99. The Bertz CT molecular complexity index is 627. The van der Waals surface area contributed by atoms with Gasteiger partial charge < -0.3 is 4.52 Å². The molecule has 0 spiro atoms. The van der Waals surface area contributed by atoms with Gasteiger partial charge in [0.05, 0.1) is 11.8 Å². The Morgan fingerprint density at radius 3 is 2.65 bits per heavy atom. The van der Waals surface area contributed by atoms with Crippen molar-refractivity contribution in [3.05, 3.63) is 42.7 Å². The maximum atomic E-state index is 5.20. The van der Waals surface area contributed by atoms with E-state index in [2.05, 4.69) is 15.2 Å². The molecular weight excluding hydrogens is 216 g/mol. The Hall–Kier alpha value is -2.43. The summed E-state index contributed by atoms with van der Waals surface area (Å²) in [6, 6.07) is 9.71. The van der Waals surface area contributed by atoms with Crippen LogP contribution >= 0.6 is 0 Å². The maximum Gasteiger partial charge on any atom is 0.261 e. The zero-order valence-electron chi connectivity index (χ0n) is 9.24. The van der Waals surface area contributed by atoms with Crippen molar-refractivity contribution in [3.8, 4) is 22.8 Å². The molecule has 0 unspecified atom stereocenters. The summed E-state index contributed by atoms with van der Waals surface area (Å²) < 4.78 is 6.90. The number of hydrogen-bond acceptors (Lipinski definition) is 4. The molecule has 0 atom stereocenters. The average Bonchev–Trinajstić information content (AvgIpc) is 2.98. The van der Waals surface area contributed by atoms with Crippen LogP contribution in [0.1, 0.15) is 0 Å². The first kappa shape index (κ1) is 9.77. The summed E-state index contributed by atoms with van der Waals surface area (Å²) in [7, 11) is 1.85. The minimum Gasteiger partial charge on any atom is -0.333 e. The smallest absolute Gasteiger partial charge is 0.261 e. The normalized spacial score (nSPS) is 10.6. The van der Waals surface area contributed by atoms with Crippen LogP contribution in [-0.2, 0) is 7.05 Å². The standard InChI is InChI=1S/C12H10N4O/c1-16-8-10(7-13-16)12-14-11(15-17-12)9-5-3-2-4-6-9/h2-8H,1H3. The molecule has 0 saturated carbocycles. The predicted molar refractivity (Wildman–Crippen MR) is 61.9 cm³/mol. The van der Waals surface area contributed by atoms with E-state index in [0.29, 0.717) is 11.7 Å². The molecule has 0 saturated heterocycles. The van der Waals surface area contributed by atoms with E-state index in [9.17, 15) is 0 Å². The average molecular weight is 226 g/mol. The van der Waals surface area contributed by atoms with Crippen molar-refractivity contribution >= 4 is 0 Å². The van der Waals surface area contributed by atoms with Crippen molar-refractivity contribution in [3.63, 3.8) is 0 Å². The Labute approximate surface area is 97.7 Å². The summed E-state index contributed by atoms with van der Waals surface area (Å²) in [5.41, 5.74) is 1.76. The van der Waals surface area contributed by atoms with Crippen molar-refractivity contribution in [1.82, 2.24) is 19.9 Å². The second kappa shape index (κ2) is 3.86. The van der Waals surface area contributed by atoms with E-state index in [-0.39, 0.29) is 0 Å². The Morgan fingerprint density at radius 1 is 1.12 bits per heavy atom. The molecule has 0 bridgehead atoms. The van der Waals surface area contributed by atoms with E-state index < -0.39 is 0 Å². The molecule has 0 amide bonds. The summed E-state index contributed by atoms with van der Waals surface area (Å²) >= 11 is 0. The Morgan fingerprint density at radius 2 is 1.94 bits per heavy atom. The van der Waals surface area contributed by atoms with Crippen LogP contribution in [0.5, 0.6) is 0 Å². The van der Waals surface area contributed by atoms with Gasteiger partial charge in [0.2, 0.25) is 5.82 Å². The third-order valence-electron chi connectivity index (χ3n) is 2.41. The highest BCUT2D eigenvalue weighted by Gasteiger charge is 2.11. The third kappa shape index (κ3) is 1.82. The summed E-state index contributed by atoms with van der Waals surface area (Å²) in [6.07, 6.45) is 3.53. The predicted octanol–water partition coefficient (Wildman–Crippen LogP) is 2.14. The van der Waals surface area contributed by atoms with Gasteiger partial charge in [0.15, 0.2) is 0 Å². The summed E-state index contributed by atoms with van der Waals surface area (Å²) in [4.78, 5) is 4.33. The molecule has 17 heavy (non-hydrogen) atoms. The first-order valence-electron chi connectivity index (χ1n) is 5.21. The zero-order chi connectivity index (χ0) is 11.7. The van der Waals surface area contributed by atoms with E-state index in [1.165, 1.54) is 0 Å². The molecule has 2 aromatic heterocycles. The van der Waals surface area contributed by atoms with Gasteiger partial charge in [-0.05, 0) is 0 Å². The summed E-state index contributed by atoms with van der Waals surface area (Å²) in [5, 5.41) is 8.01. The van der Waals surface area contributed by atoms with Crippen molar-refractivity contribution in [1.29, 1.82) is 0 Å². The topological polar surface area (TPSA) is 56.7 Å². The molecule has 0 N–H and O–H groups in total. The fraction of sp³-hybridized carbons (Fsp3) is 0.0833. The van der Waals surface area contributed by atoms with Crippen LogP contribution in [0.15, 0.2) is 47.2 Å². The number of nitrogens with zero attached hydrogens (tertiary/aromatic N) is 4. The lowest BCUT2D eigenvalue weighted by atomic mass is 10.2. The minimum atomic E-state index is 0.483. The van der Waals surface area contributed by atoms with E-state index in [0.717, 1.165) is 11.1 Å². The molecule has 5 nitrogen and oxygen atoms in total.